The van der Waals surface area contributed by atoms with Crippen LogP contribution in [0.5, 0.6) is 0 Å². The Morgan fingerprint density at radius 2 is 1.48 bits per heavy atom. The predicted molar refractivity (Wildman–Crippen MR) is 78.4 cm³/mol. The summed E-state index contributed by atoms with van der Waals surface area (Å²) in [6.45, 7) is 2.01. The molecule has 4 nitrogen and oxygen atoms in total. The molecule has 0 bridgehead atoms. The first-order valence-corrected chi connectivity index (χ1v) is 6.78. The zero-order valence-corrected chi connectivity index (χ0v) is 11.4. The van der Waals surface area contributed by atoms with E-state index in [-0.39, 0.29) is 11.8 Å². The Kier molecular flexibility index (Phi) is 2.36. The summed E-state index contributed by atoms with van der Waals surface area (Å²) in [6, 6.07) is 14.8. The molecule has 2 aromatic rings. The lowest BCUT2D eigenvalue weighted by atomic mass is 10.1. The molecule has 102 valence electrons. The maximum atomic E-state index is 12.4. The Bertz CT molecular complexity index is 771. The summed E-state index contributed by atoms with van der Waals surface area (Å²) in [5.41, 5.74) is 3.85. The molecule has 0 aliphatic carbocycles. The summed E-state index contributed by atoms with van der Waals surface area (Å²) in [4.78, 5) is 30.3. The highest BCUT2D eigenvalue weighted by Crippen LogP contribution is 2.31. The molecule has 2 aliphatic heterocycles. The van der Waals surface area contributed by atoms with Crippen molar-refractivity contribution in [1.29, 1.82) is 0 Å². The van der Waals surface area contributed by atoms with Gasteiger partial charge in [0.05, 0.1) is 16.8 Å². The number of rotatable bonds is 2. The number of hydrogen-bond donors (Lipinski definition) is 0. The smallest absolute Gasteiger partial charge is 0.263 e. The van der Waals surface area contributed by atoms with Gasteiger partial charge in [-0.05, 0) is 24.6 Å². The first-order chi connectivity index (χ1) is 10.2. The third-order valence-corrected chi connectivity index (χ3v) is 3.86. The molecule has 1 unspecified atom stereocenters. The fourth-order valence-corrected chi connectivity index (χ4v) is 2.65. The second kappa shape index (κ2) is 4.12. The zero-order chi connectivity index (χ0) is 14.6. The van der Waals surface area contributed by atoms with Crippen LogP contribution in [0, 0.1) is 6.92 Å². The number of fused-ring (bicyclic) bond motifs is 1. The van der Waals surface area contributed by atoms with E-state index in [0.717, 1.165) is 16.8 Å². The molecule has 2 heterocycles. The van der Waals surface area contributed by atoms with E-state index in [9.17, 15) is 9.59 Å². The van der Waals surface area contributed by atoms with Gasteiger partial charge in [-0.15, -0.1) is 0 Å². The molecule has 21 heavy (non-hydrogen) atoms. The molecule has 0 spiro atoms. The monoisotopic (exact) mass is 276 g/mol. The lowest BCUT2D eigenvalue weighted by molar-refractivity contribution is 0.0648. The highest BCUT2D eigenvalue weighted by Gasteiger charge is 2.46. The van der Waals surface area contributed by atoms with Gasteiger partial charge in [0.2, 0.25) is 0 Å². The van der Waals surface area contributed by atoms with Gasteiger partial charge in [-0.25, -0.2) is 4.90 Å². The molecular weight excluding hydrogens is 264 g/mol. The van der Waals surface area contributed by atoms with Crippen LogP contribution in [0.1, 0.15) is 31.8 Å². The average Bonchev–Trinajstić information content (AvgIpc) is 3.23. The molecule has 0 aromatic heterocycles. The number of hydrogen-bond acceptors (Lipinski definition) is 3. The zero-order valence-electron chi connectivity index (χ0n) is 11.4. The molecule has 0 saturated carbocycles. The van der Waals surface area contributed by atoms with Gasteiger partial charge in [-0.2, -0.15) is 0 Å². The molecule has 2 aromatic carbocycles. The van der Waals surface area contributed by atoms with Crippen LogP contribution < -0.4 is 0 Å². The number of benzene rings is 2. The SMILES string of the molecule is Cc1ccc(C2=NC2N2C(=O)c3ccccc3C2=O)cc1. The van der Waals surface area contributed by atoms with Crippen LogP contribution in [0.25, 0.3) is 0 Å². The van der Waals surface area contributed by atoms with Crippen LogP contribution in [0.15, 0.2) is 53.5 Å². The van der Waals surface area contributed by atoms with Crippen LogP contribution in [0.2, 0.25) is 0 Å². The number of aliphatic imine (C=N–C) groups is 1. The highest BCUT2D eigenvalue weighted by molar-refractivity contribution is 6.26. The van der Waals surface area contributed by atoms with Crippen molar-refractivity contribution in [2.75, 3.05) is 0 Å². The highest BCUT2D eigenvalue weighted by atomic mass is 16.2. The molecule has 0 saturated heterocycles. The van der Waals surface area contributed by atoms with Crippen molar-refractivity contribution in [3.8, 4) is 0 Å². The number of imide groups is 1. The van der Waals surface area contributed by atoms with Crippen LogP contribution in [-0.4, -0.2) is 28.6 Å². The van der Waals surface area contributed by atoms with Crippen LogP contribution in [0.4, 0.5) is 0 Å². The summed E-state index contributed by atoms with van der Waals surface area (Å²) >= 11 is 0. The van der Waals surface area contributed by atoms with E-state index in [1.54, 1.807) is 24.3 Å². The predicted octanol–water partition coefficient (Wildman–Crippen LogP) is 2.42. The van der Waals surface area contributed by atoms with Crippen molar-refractivity contribution in [3.63, 3.8) is 0 Å². The Morgan fingerprint density at radius 1 is 0.905 bits per heavy atom. The largest absolute Gasteiger partial charge is 0.268 e. The van der Waals surface area contributed by atoms with Crippen LogP contribution in [-0.2, 0) is 0 Å². The number of carbonyl (C=O) groups excluding carboxylic acids is 2. The summed E-state index contributed by atoms with van der Waals surface area (Å²) in [5.74, 6) is -0.516. The normalized spacial score (nSPS) is 19.6. The van der Waals surface area contributed by atoms with E-state index in [4.69, 9.17) is 0 Å². The minimum Gasteiger partial charge on any atom is -0.268 e. The maximum Gasteiger partial charge on any atom is 0.263 e. The molecule has 0 fully saturated rings. The molecule has 0 radical (unpaired) electrons. The molecule has 4 rings (SSSR count). The van der Waals surface area contributed by atoms with Gasteiger partial charge in [-0.1, -0.05) is 42.0 Å². The second-order valence-electron chi connectivity index (χ2n) is 5.28. The second-order valence-corrected chi connectivity index (χ2v) is 5.28. The van der Waals surface area contributed by atoms with Crippen LogP contribution in [0.3, 0.4) is 0 Å². The molecule has 2 aliphatic rings. The van der Waals surface area contributed by atoms with Gasteiger partial charge in [0, 0.05) is 0 Å². The first-order valence-electron chi connectivity index (χ1n) is 6.78. The summed E-state index contributed by atoms with van der Waals surface area (Å²) in [5, 5.41) is 0. The van der Waals surface area contributed by atoms with Crippen molar-refractivity contribution < 1.29 is 9.59 Å². The van der Waals surface area contributed by atoms with E-state index in [0.29, 0.717) is 11.1 Å². The van der Waals surface area contributed by atoms with E-state index < -0.39 is 6.17 Å². The van der Waals surface area contributed by atoms with Crippen molar-refractivity contribution in [3.05, 3.63) is 70.8 Å². The number of amides is 2. The fraction of sp³-hybridized carbons (Fsp3) is 0.118. The molecule has 0 N–H and O–H groups in total. The van der Waals surface area contributed by atoms with Crippen molar-refractivity contribution in [2.24, 2.45) is 4.99 Å². The van der Waals surface area contributed by atoms with Crippen LogP contribution >= 0.6 is 0 Å². The van der Waals surface area contributed by atoms with E-state index in [1.807, 2.05) is 31.2 Å². The Balaban J connectivity index is 1.62. The van der Waals surface area contributed by atoms with Gasteiger partial charge in [0.15, 0.2) is 6.17 Å². The van der Waals surface area contributed by atoms with E-state index >= 15 is 0 Å². The lowest BCUT2D eigenvalue weighted by Crippen LogP contribution is -2.35. The van der Waals surface area contributed by atoms with Gasteiger partial charge in [-0.3, -0.25) is 14.6 Å². The van der Waals surface area contributed by atoms with E-state index in [2.05, 4.69) is 4.99 Å². The standard InChI is InChI=1S/C17H12N2O2/c1-10-6-8-11(9-7-10)14-15(18-14)19-16(20)12-4-2-3-5-13(12)17(19)21/h2-9,15H,1H3. The lowest BCUT2D eigenvalue weighted by Gasteiger charge is -2.11. The Hall–Kier alpha value is -2.75. The minimum absolute atomic E-state index is 0.258. The Morgan fingerprint density at radius 3 is 2.05 bits per heavy atom. The van der Waals surface area contributed by atoms with E-state index in [1.165, 1.54) is 4.90 Å². The van der Waals surface area contributed by atoms with Gasteiger partial charge in [0.1, 0.15) is 0 Å². The van der Waals surface area contributed by atoms with Gasteiger partial charge >= 0.3 is 0 Å². The third kappa shape index (κ3) is 1.72. The molecule has 2 amide bonds. The van der Waals surface area contributed by atoms with Crippen molar-refractivity contribution >= 4 is 17.5 Å². The average molecular weight is 276 g/mol. The number of aryl methyl sites for hydroxylation is 1. The summed E-state index contributed by atoms with van der Waals surface area (Å²) in [6.07, 6.45) is -0.444. The minimum atomic E-state index is -0.444. The van der Waals surface area contributed by atoms with Crippen molar-refractivity contribution in [2.45, 2.75) is 13.1 Å². The topological polar surface area (TPSA) is 49.7 Å². The van der Waals surface area contributed by atoms with Gasteiger partial charge in [0.25, 0.3) is 11.8 Å². The first kappa shape index (κ1) is 12.0. The maximum absolute atomic E-state index is 12.4. The Labute approximate surface area is 121 Å². The summed E-state index contributed by atoms with van der Waals surface area (Å²) in [7, 11) is 0. The molecule has 1 atom stereocenters. The van der Waals surface area contributed by atoms with Gasteiger partial charge < -0.3 is 0 Å². The molecular formula is C17H12N2O2. The number of carbonyl (C=O) groups is 2. The summed E-state index contributed by atoms with van der Waals surface area (Å²) < 4.78 is 0. The van der Waals surface area contributed by atoms with Crippen molar-refractivity contribution in [1.82, 2.24) is 4.90 Å². The fourth-order valence-electron chi connectivity index (χ4n) is 2.65. The quantitative estimate of drug-likeness (QED) is 0.791. The molecule has 4 heteroatoms. The number of nitrogens with zero attached hydrogens (tertiary/aromatic N) is 2. The third-order valence-electron chi connectivity index (χ3n) is 3.86.